The maximum atomic E-state index is 13.9. The maximum Gasteiger partial charge on any atom is 0.164 e. The van der Waals surface area contributed by atoms with Crippen LogP contribution in [0.25, 0.3) is 0 Å². The van der Waals surface area contributed by atoms with Crippen molar-refractivity contribution in [3.63, 3.8) is 0 Å². The lowest BCUT2D eigenvalue weighted by molar-refractivity contribution is 0.522. The molecule has 0 amide bonds. The highest BCUT2D eigenvalue weighted by Gasteiger charge is 2.20. The molecular weight excluding hydrogens is 287 g/mol. The van der Waals surface area contributed by atoms with E-state index in [4.69, 9.17) is 11.6 Å². The first-order valence-electron chi connectivity index (χ1n) is 7.24. The Labute approximate surface area is 129 Å². The van der Waals surface area contributed by atoms with Crippen molar-refractivity contribution in [2.24, 2.45) is 0 Å². The number of hydrogen-bond donors (Lipinski definition) is 1. The molecule has 1 fully saturated rings. The van der Waals surface area contributed by atoms with Crippen molar-refractivity contribution in [1.82, 2.24) is 0 Å². The molecule has 2 nitrogen and oxygen atoms in total. The van der Waals surface area contributed by atoms with Crippen LogP contribution in [0.5, 0.6) is 0 Å². The Morgan fingerprint density at radius 2 is 1.71 bits per heavy atom. The normalized spacial score (nSPS) is 16.0. The van der Waals surface area contributed by atoms with Crippen molar-refractivity contribution in [3.05, 3.63) is 59.4 Å². The highest BCUT2D eigenvalue weighted by molar-refractivity contribution is 6.31. The van der Waals surface area contributed by atoms with E-state index in [0.29, 0.717) is 5.69 Å². The van der Waals surface area contributed by atoms with E-state index in [0.717, 1.165) is 25.9 Å². The van der Waals surface area contributed by atoms with Gasteiger partial charge in [-0.2, -0.15) is 0 Å². The van der Waals surface area contributed by atoms with Gasteiger partial charge in [0.25, 0.3) is 0 Å². The standard InChI is InChI=1S/C17H18ClFN2/c18-15-7-4-8-16(17(15)19)20-13-9-11-21(12-10-13)14-5-2-1-3-6-14/h1-8,13,20H,9-12H2. The zero-order chi connectivity index (χ0) is 14.7. The Balaban J connectivity index is 1.60. The fourth-order valence-electron chi connectivity index (χ4n) is 2.76. The summed E-state index contributed by atoms with van der Waals surface area (Å²) in [5.74, 6) is -0.357. The lowest BCUT2D eigenvalue weighted by Gasteiger charge is -2.34. The van der Waals surface area contributed by atoms with Crippen LogP contribution in [0.4, 0.5) is 15.8 Å². The summed E-state index contributed by atoms with van der Waals surface area (Å²) in [6.45, 7) is 1.95. The summed E-state index contributed by atoms with van der Waals surface area (Å²) >= 11 is 5.81. The molecule has 2 aromatic carbocycles. The monoisotopic (exact) mass is 304 g/mol. The molecule has 2 aromatic rings. The van der Waals surface area contributed by atoms with Crippen LogP contribution in [0.2, 0.25) is 5.02 Å². The quantitative estimate of drug-likeness (QED) is 0.894. The molecule has 0 aromatic heterocycles. The summed E-state index contributed by atoms with van der Waals surface area (Å²) in [4.78, 5) is 2.37. The van der Waals surface area contributed by atoms with Gasteiger partial charge in [0, 0.05) is 24.8 Å². The summed E-state index contributed by atoms with van der Waals surface area (Å²) in [6.07, 6.45) is 1.97. The predicted molar refractivity (Wildman–Crippen MR) is 86.7 cm³/mol. The smallest absolute Gasteiger partial charge is 0.164 e. The van der Waals surface area contributed by atoms with Crippen LogP contribution in [-0.2, 0) is 0 Å². The van der Waals surface area contributed by atoms with Gasteiger partial charge < -0.3 is 10.2 Å². The molecular formula is C17H18ClFN2. The second kappa shape index (κ2) is 6.35. The van der Waals surface area contributed by atoms with Gasteiger partial charge >= 0.3 is 0 Å². The van der Waals surface area contributed by atoms with Crippen molar-refractivity contribution in [2.75, 3.05) is 23.3 Å². The molecule has 0 aliphatic carbocycles. The summed E-state index contributed by atoms with van der Waals surface area (Å²) in [6, 6.07) is 15.8. The first-order chi connectivity index (χ1) is 10.2. The Hall–Kier alpha value is -1.74. The van der Waals surface area contributed by atoms with Crippen LogP contribution in [0, 0.1) is 5.82 Å². The molecule has 21 heavy (non-hydrogen) atoms. The van der Waals surface area contributed by atoms with E-state index in [9.17, 15) is 4.39 Å². The SMILES string of the molecule is Fc1c(Cl)cccc1NC1CCN(c2ccccc2)CC1. The molecule has 0 saturated carbocycles. The molecule has 1 N–H and O–H groups in total. The topological polar surface area (TPSA) is 15.3 Å². The van der Waals surface area contributed by atoms with Crippen LogP contribution in [0.1, 0.15) is 12.8 Å². The van der Waals surface area contributed by atoms with Gasteiger partial charge in [0.2, 0.25) is 0 Å². The molecule has 1 saturated heterocycles. The lowest BCUT2D eigenvalue weighted by atomic mass is 10.0. The number of hydrogen-bond acceptors (Lipinski definition) is 2. The van der Waals surface area contributed by atoms with E-state index in [2.05, 4.69) is 34.5 Å². The molecule has 0 radical (unpaired) electrons. The Morgan fingerprint density at radius 3 is 2.43 bits per heavy atom. The fourth-order valence-corrected chi connectivity index (χ4v) is 2.93. The van der Waals surface area contributed by atoms with Crippen molar-refractivity contribution in [3.8, 4) is 0 Å². The van der Waals surface area contributed by atoms with Gasteiger partial charge in [-0.3, -0.25) is 0 Å². The number of para-hydroxylation sites is 1. The van der Waals surface area contributed by atoms with Crippen LogP contribution in [-0.4, -0.2) is 19.1 Å². The Bertz CT molecular complexity index is 595. The van der Waals surface area contributed by atoms with Crippen molar-refractivity contribution in [2.45, 2.75) is 18.9 Å². The van der Waals surface area contributed by atoms with Gasteiger partial charge in [0.05, 0.1) is 10.7 Å². The van der Waals surface area contributed by atoms with E-state index in [-0.39, 0.29) is 16.9 Å². The number of nitrogens with one attached hydrogen (secondary N) is 1. The Kier molecular flexibility index (Phi) is 4.30. The average molecular weight is 305 g/mol. The van der Waals surface area contributed by atoms with Crippen molar-refractivity contribution < 1.29 is 4.39 Å². The van der Waals surface area contributed by atoms with Crippen LogP contribution in [0.3, 0.4) is 0 Å². The number of piperidine rings is 1. The number of halogens is 2. The molecule has 110 valence electrons. The second-order valence-corrected chi connectivity index (χ2v) is 5.75. The number of anilines is 2. The van der Waals surface area contributed by atoms with Crippen molar-refractivity contribution in [1.29, 1.82) is 0 Å². The van der Waals surface area contributed by atoms with Gasteiger partial charge in [-0.05, 0) is 37.1 Å². The predicted octanol–water partition coefficient (Wildman–Crippen LogP) is 4.56. The highest BCUT2D eigenvalue weighted by Crippen LogP contribution is 2.26. The largest absolute Gasteiger partial charge is 0.380 e. The number of nitrogens with zero attached hydrogens (tertiary/aromatic N) is 1. The minimum atomic E-state index is -0.357. The van der Waals surface area contributed by atoms with E-state index in [1.807, 2.05) is 6.07 Å². The fraction of sp³-hybridized carbons (Fsp3) is 0.294. The number of benzene rings is 2. The molecule has 1 heterocycles. The van der Waals surface area contributed by atoms with E-state index >= 15 is 0 Å². The average Bonchev–Trinajstić information content (AvgIpc) is 2.53. The third kappa shape index (κ3) is 3.30. The molecule has 0 bridgehead atoms. The van der Waals surface area contributed by atoms with Gasteiger partial charge in [0.1, 0.15) is 0 Å². The molecule has 4 heteroatoms. The molecule has 1 aliphatic heterocycles. The summed E-state index contributed by atoms with van der Waals surface area (Å²) < 4.78 is 13.9. The molecule has 1 aliphatic rings. The molecule has 3 rings (SSSR count). The summed E-state index contributed by atoms with van der Waals surface area (Å²) in [7, 11) is 0. The van der Waals surface area contributed by atoms with E-state index in [1.54, 1.807) is 18.2 Å². The maximum absolute atomic E-state index is 13.9. The highest BCUT2D eigenvalue weighted by atomic mass is 35.5. The molecule has 0 spiro atoms. The van der Waals surface area contributed by atoms with Gasteiger partial charge in [-0.25, -0.2) is 4.39 Å². The zero-order valence-corrected chi connectivity index (χ0v) is 12.5. The lowest BCUT2D eigenvalue weighted by Crippen LogP contribution is -2.39. The second-order valence-electron chi connectivity index (χ2n) is 5.34. The molecule has 0 atom stereocenters. The van der Waals surface area contributed by atoms with Crippen LogP contribution < -0.4 is 10.2 Å². The Morgan fingerprint density at radius 1 is 1.00 bits per heavy atom. The third-order valence-corrected chi connectivity index (χ3v) is 4.22. The summed E-state index contributed by atoms with van der Waals surface area (Å²) in [5, 5.41) is 3.44. The van der Waals surface area contributed by atoms with E-state index < -0.39 is 0 Å². The van der Waals surface area contributed by atoms with Gasteiger partial charge in [-0.15, -0.1) is 0 Å². The minimum Gasteiger partial charge on any atom is -0.380 e. The van der Waals surface area contributed by atoms with Gasteiger partial charge in [-0.1, -0.05) is 35.9 Å². The van der Waals surface area contributed by atoms with Gasteiger partial charge in [0.15, 0.2) is 5.82 Å². The molecule has 0 unspecified atom stereocenters. The van der Waals surface area contributed by atoms with E-state index in [1.165, 1.54) is 5.69 Å². The van der Waals surface area contributed by atoms with Crippen LogP contribution in [0.15, 0.2) is 48.5 Å². The first kappa shape index (κ1) is 14.2. The first-order valence-corrected chi connectivity index (χ1v) is 7.62. The number of rotatable bonds is 3. The third-order valence-electron chi connectivity index (χ3n) is 3.93. The zero-order valence-electron chi connectivity index (χ0n) is 11.7. The van der Waals surface area contributed by atoms with Crippen molar-refractivity contribution >= 4 is 23.0 Å². The van der Waals surface area contributed by atoms with Crippen LogP contribution >= 0.6 is 11.6 Å². The minimum absolute atomic E-state index is 0.168. The summed E-state index contributed by atoms with van der Waals surface area (Å²) in [5.41, 5.74) is 1.76.